The van der Waals surface area contributed by atoms with Crippen molar-refractivity contribution >= 4 is 44.1 Å². The molecular formula is C13H16IN5O6S. The van der Waals surface area contributed by atoms with Crippen molar-refractivity contribution in [3.63, 3.8) is 0 Å². The Kier molecular flexibility index (Phi) is 4.45. The summed E-state index contributed by atoms with van der Waals surface area (Å²) in [5.41, 5.74) is 1.21. The summed E-state index contributed by atoms with van der Waals surface area (Å²) < 4.78 is 47.2. The zero-order valence-electron chi connectivity index (χ0n) is 13.8. The molecular weight excluding hydrogens is 481 g/mol. The van der Waals surface area contributed by atoms with Gasteiger partial charge in [-0.05, 0) is 36.4 Å². The first-order chi connectivity index (χ1) is 12.1. The molecule has 11 nitrogen and oxygen atoms in total. The molecule has 0 spiro atoms. The van der Waals surface area contributed by atoms with E-state index in [4.69, 9.17) is 23.5 Å². The van der Waals surface area contributed by atoms with Crippen molar-refractivity contribution in [3.8, 4) is 0 Å². The molecule has 0 amide bonds. The van der Waals surface area contributed by atoms with Gasteiger partial charge in [-0.2, -0.15) is 8.42 Å². The molecule has 0 aromatic carbocycles. The summed E-state index contributed by atoms with van der Waals surface area (Å²) in [6.07, 6.45) is 0.682. The Labute approximate surface area is 162 Å². The Morgan fingerprint density at radius 2 is 2.04 bits per heavy atom. The van der Waals surface area contributed by atoms with Gasteiger partial charge in [-0.1, -0.05) is 0 Å². The van der Waals surface area contributed by atoms with Gasteiger partial charge in [-0.3, -0.25) is 8.75 Å². The number of fused-ring (bicyclic) bond motifs is 2. The van der Waals surface area contributed by atoms with E-state index in [1.54, 1.807) is 24.7 Å². The van der Waals surface area contributed by atoms with Gasteiger partial charge in [0.25, 0.3) is 0 Å². The van der Waals surface area contributed by atoms with Crippen molar-refractivity contribution < 1.29 is 26.8 Å². The van der Waals surface area contributed by atoms with Crippen LogP contribution in [0.4, 0.5) is 0 Å². The van der Waals surface area contributed by atoms with Crippen molar-refractivity contribution in [3.05, 3.63) is 16.4 Å². The predicted molar refractivity (Wildman–Crippen MR) is 94.8 cm³/mol. The minimum absolute atomic E-state index is 0.283. The van der Waals surface area contributed by atoms with Gasteiger partial charge in [0.05, 0.1) is 12.9 Å². The normalized spacial score (nSPS) is 30.8. The second-order valence-electron chi connectivity index (χ2n) is 6.40. The van der Waals surface area contributed by atoms with E-state index in [9.17, 15) is 8.42 Å². The molecule has 0 saturated carbocycles. The number of imidazole rings is 1. The molecule has 0 radical (unpaired) electrons. The maximum Gasteiger partial charge on any atom is 0.333 e. The van der Waals surface area contributed by atoms with Gasteiger partial charge in [0.1, 0.15) is 33.9 Å². The Morgan fingerprint density at radius 3 is 2.77 bits per heavy atom. The molecule has 142 valence electrons. The van der Waals surface area contributed by atoms with Gasteiger partial charge in [-0.25, -0.2) is 20.1 Å². The van der Waals surface area contributed by atoms with Crippen LogP contribution in [0.15, 0.2) is 12.7 Å². The molecule has 2 aliphatic rings. The van der Waals surface area contributed by atoms with Crippen LogP contribution in [0.25, 0.3) is 11.2 Å². The number of nitrogens with zero attached hydrogens (tertiary/aromatic N) is 4. The fraction of sp³-hybridized carbons (Fsp3) is 0.615. The second kappa shape index (κ2) is 6.29. The summed E-state index contributed by atoms with van der Waals surface area (Å²) in [5.74, 6) is -0.850. The van der Waals surface area contributed by atoms with Gasteiger partial charge in [-0.15, -0.1) is 0 Å². The van der Waals surface area contributed by atoms with Crippen LogP contribution in [-0.4, -0.2) is 58.6 Å². The monoisotopic (exact) mass is 497 g/mol. The third-order valence-corrected chi connectivity index (χ3v) is 5.36. The largest absolute Gasteiger partial charge is 0.347 e. The fourth-order valence-electron chi connectivity index (χ4n) is 3.19. The third kappa shape index (κ3) is 3.32. The van der Waals surface area contributed by atoms with Crippen molar-refractivity contribution in [2.75, 3.05) is 6.61 Å². The number of rotatable bonds is 4. The van der Waals surface area contributed by atoms with Gasteiger partial charge < -0.3 is 14.2 Å². The van der Waals surface area contributed by atoms with Gasteiger partial charge in [0.15, 0.2) is 17.7 Å². The summed E-state index contributed by atoms with van der Waals surface area (Å²) in [7, 11) is -4.10. The Hall–Kier alpha value is -0.970. The lowest BCUT2D eigenvalue weighted by Gasteiger charge is -2.24. The highest BCUT2D eigenvalue weighted by atomic mass is 127. The Balaban J connectivity index is 1.68. The molecule has 26 heavy (non-hydrogen) atoms. The molecule has 4 atom stereocenters. The topological polar surface area (TPSA) is 141 Å². The zero-order valence-corrected chi connectivity index (χ0v) is 16.7. The number of hydrogen-bond donors (Lipinski definition) is 1. The lowest BCUT2D eigenvalue weighted by molar-refractivity contribution is -0.198. The molecule has 2 aliphatic heterocycles. The predicted octanol–water partition coefficient (Wildman–Crippen LogP) is 0.0685. The first-order valence-corrected chi connectivity index (χ1v) is 10.2. The van der Waals surface area contributed by atoms with Crippen molar-refractivity contribution in [2.45, 2.75) is 44.2 Å². The molecule has 4 heterocycles. The maximum absolute atomic E-state index is 11.1. The number of hydrogen-bond acceptors (Lipinski definition) is 9. The second-order valence-corrected chi connectivity index (χ2v) is 8.64. The van der Waals surface area contributed by atoms with E-state index in [-0.39, 0.29) is 6.61 Å². The fourth-order valence-corrected chi connectivity index (χ4v) is 4.02. The molecule has 0 bridgehead atoms. The zero-order chi connectivity index (χ0) is 18.7. The van der Waals surface area contributed by atoms with Crippen LogP contribution in [0.3, 0.4) is 0 Å². The van der Waals surface area contributed by atoms with Crippen LogP contribution in [0.2, 0.25) is 0 Å². The van der Waals surface area contributed by atoms with Crippen LogP contribution < -0.4 is 5.14 Å². The summed E-state index contributed by atoms with van der Waals surface area (Å²) in [6, 6.07) is 0. The van der Waals surface area contributed by atoms with E-state index >= 15 is 0 Å². The SMILES string of the molecule is CC1(C)O[C@@H]2[C@H](O1)[C@@H](COS(N)(=O)=O)O[C@H]2n1cnc2c(I)ncnc21. The van der Waals surface area contributed by atoms with Crippen molar-refractivity contribution in [2.24, 2.45) is 5.14 Å². The van der Waals surface area contributed by atoms with E-state index < -0.39 is 40.6 Å². The van der Waals surface area contributed by atoms with Gasteiger partial charge >= 0.3 is 10.3 Å². The maximum atomic E-state index is 11.1. The first kappa shape index (κ1) is 18.4. The van der Waals surface area contributed by atoms with Crippen LogP contribution in [0.5, 0.6) is 0 Å². The van der Waals surface area contributed by atoms with Gasteiger partial charge in [0, 0.05) is 0 Å². The van der Waals surface area contributed by atoms with Crippen LogP contribution in [-0.2, 0) is 28.7 Å². The minimum atomic E-state index is -4.10. The number of ether oxygens (including phenoxy) is 3. The Bertz CT molecular complexity index is 950. The highest BCUT2D eigenvalue weighted by molar-refractivity contribution is 14.1. The van der Waals surface area contributed by atoms with Crippen LogP contribution in [0, 0.1) is 3.70 Å². The third-order valence-electron chi connectivity index (χ3n) is 4.11. The van der Waals surface area contributed by atoms with E-state index in [1.165, 1.54) is 6.33 Å². The van der Waals surface area contributed by atoms with E-state index in [0.29, 0.717) is 14.9 Å². The lowest BCUT2D eigenvalue weighted by atomic mass is 10.1. The highest BCUT2D eigenvalue weighted by Gasteiger charge is 2.56. The molecule has 2 fully saturated rings. The Morgan fingerprint density at radius 1 is 1.31 bits per heavy atom. The molecule has 0 aliphatic carbocycles. The first-order valence-electron chi connectivity index (χ1n) is 7.66. The standard InChI is InChI=1S/C13H16IN5O6S/c1-13(2)24-8-6(3-22-26(15,20)21)23-12(9(8)25-13)19-5-18-7-10(14)16-4-17-11(7)19/h4-6,8-9,12H,3H2,1-2H3,(H2,15,20,21)/t6-,8-,9-,12-/m1/s1. The lowest BCUT2D eigenvalue weighted by Crippen LogP contribution is -2.34. The van der Waals surface area contributed by atoms with E-state index in [0.717, 1.165) is 0 Å². The average Bonchev–Trinajstić information content (AvgIpc) is 3.16. The summed E-state index contributed by atoms with van der Waals surface area (Å²) in [5, 5.41) is 4.91. The summed E-state index contributed by atoms with van der Waals surface area (Å²) in [6.45, 7) is 3.27. The van der Waals surface area contributed by atoms with Crippen molar-refractivity contribution in [1.29, 1.82) is 0 Å². The van der Waals surface area contributed by atoms with Crippen LogP contribution >= 0.6 is 22.6 Å². The molecule has 2 aromatic heterocycles. The average molecular weight is 497 g/mol. The van der Waals surface area contributed by atoms with Gasteiger partial charge in [0.2, 0.25) is 0 Å². The minimum Gasteiger partial charge on any atom is -0.347 e. The number of nitrogens with two attached hydrogens (primary N) is 1. The molecule has 13 heteroatoms. The number of aromatic nitrogens is 4. The smallest absolute Gasteiger partial charge is 0.333 e. The molecule has 0 unspecified atom stereocenters. The number of halogens is 1. The molecule has 4 rings (SSSR count). The quantitative estimate of drug-likeness (QED) is 0.459. The molecule has 2 saturated heterocycles. The molecule has 2 aromatic rings. The highest BCUT2D eigenvalue weighted by Crippen LogP contribution is 2.43. The van der Waals surface area contributed by atoms with Crippen LogP contribution in [0.1, 0.15) is 20.1 Å². The van der Waals surface area contributed by atoms with Crippen molar-refractivity contribution in [1.82, 2.24) is 19.5 Å². The molecule has 2 N–H and O–H groups in total. The van der Waals surface area contributed by atoms with E-state index in [1.807, 2.05) is 0 Å². The summed E-state index contributed by atoms with van der Waals surface area (Å²) >= 11 is 2.07. The summed E-state index contributed by atoms with van der Waals surface area (Å²) in [4.78, 5) is 12.7. The van der Waals surface area contributed by atoms with E-state index in [2.05, 4.69) is 37.5 Å².